The van der Waals surface area contributed by atoms with Gasteiger partial charge in [0.05, 0.1) is 5.56 Å². The van der Waals surface area contributed by atoms with Crippen molar-refractivity contribution >= 4 is 34.7 Å². The number of nitrogens with two attached hydrogens (primary N) is 1. The number of anilines is 5. The van der Waals surface area contributed by atoms with Gasteiger partial charge in [-0.25, -0.2) is 14.8 Å². The van der Waals surface area contributed by atoms with Crippen LogP contribution in [0.2, 0.25) is 0 Å². The first-order chi connectivity index (χ1) is 17.5. The number of hydrogen-bond acceptors (Lipinski definition) is 7. The summed E-state index contributed by atoms with van der Waals surface area (Å²) in [4.78, 5) is 24.2. The zero-order valence-corrected chi connectivity index (χ0v) is 20.6. The van der Waals surface area contributed by atoms with Gasteiger partial charge in [0.2, 0.25) is 0 Å². The summed E-state index contributed by atoms with van der Waals surface area (Å²) >= 11 is 0. The molecule has 0 spiro atoms. The minimum absolute atomic E-state index is 0.0314. The van der Waals surface area contributed by atoms with E-state index in [2.05, 4.69) is 27.2 Å². The molecule has 0 radical (unpaired) electrons. The second-order valence-corrected chi connectivity index (χ2v) is 8.25. The highest BCUT2D eigenvalue weighted by atomic mass is 19.4. The van der Waals surface area contributed by atoms with Crippen molar-refractivity contribution in [2.24, 2.45) is 0 Å². The molecule has 0 unspecified atom stereocenters. The number of benzene rings is 2. The molecule has 0 bridgehead atoms. The van der Waals surface area contributed by atoms with E-state index in [-0.39, 0.29) is 18.0 Å². The molecular weight excluding hydrogens is 487 g/mol. The Hall–Kier alpha value is -4.32. The third-order valence-electron chi connectivity index (χ3n) is 5.25. The molecule has 2 aromatic carbocycles. The highest BCUT2D eigenvalue weighted by Crippen LogP contribution is 2.38. The molecule has 0 atom stereocenters. The Kier molecular flexibility index (Phi) is 8.56. The van der Waals surface area contributed by atoms with Crippen LogP contribution >= 0.6 is 0 Å². The van der Waals surface area contributed by atoms with Gasteiger partial charge < -0.3 is 30.9 Å². The number of rotatable bonds is 9. The van der Waals surface area contributed by atoms with Crippen molar-refractivity contribution < 1.29 is 22.7 Å². The Labute approximate surface area is 212 Å². The van der Waals surface area contributed by atoms with Crippen molar-refractivity contribution in [1.29, 1.82) is 0 Å². The number of carbonyl (C=O) groups excluding carboxylic acids is 1. The van der Waals surface area contributed by atoms with Gasteiger partial charge in [0, 0.05) is 35.4 Å². The van der Waals surface area contributed by atoms with E-state index in [0.717, 1.165) is 6.07 Å². The van der Waals surface area contributed by atoms with Crippen LogP contribution in [0, 0.1) is 6.92 Å². The summed E-state index contributed by atoms with van der Waals surface area (Å²) in [6, 6.07) is 9.37. The van der Waals surface area contributed by atoms with E-state index in [4.69, 9.17) is 10.5 Å². The number of urea groups is 1. The molecule has 1 heterocycles. The molecule has 0 aliphatic rings. The Bertz CT molecular complexity index is 1250. The summed E-state index contributed by atoms with van der Waals surface area (Å²) in [5, 5.41) is 5.02. The average molecular weight is 516 g/mol. The van der Waals surface area contributed by atoms with Crippen LogP contribution in [0.3, 0.4) is 0 Å². The number of halogens is 3. The van der Waals surface area contributed by atoms with Gasteiger partial charge in [-0.2, -0.15) is 13.2 Å². The molecule has 0 saturated carbocycles. The molecule has 2 amide bonds. The average Bonchev–Trinajstić information content (AvgIpc) is 2.83. The van der Waals surface area contributed by atoms with Crippen molar-refractivity contribution in [2.75, 3.05) is 48.5 Å². The van der Waals surface area contributed by atoms with Crippen molar-refractivity contribution in [3.8, 4) is 5.75 Å². The maximum absolute atomic E-state index is 13.6. The molecule has 3 rings (SSSR count). The van der Waals surface area contributed by atoms with Gasteiger partial charge in [-0.1, -0.05) is 6.58 Å². The van der Waals surface area contributed by atoms with E-state index < -0.39 is 17.8 Å². The molecule has 0 fully saturated rings. The Morgan fingerprint density at radius 3 is 2.38 bits per heavy atom. The lowest BCUT2D eigenvalue weighted by atomic mass is 10.1. The number of nitrogens with zero attached hydrogens (tertiary/aromatic N) is 4. The van der Waals surface area contributed by atoms with Crippen molar-refractivity contribution in [3.05, 3.63) is 72.7 Å². The zero-order chi connectivity index (χ0) is 27.2. The van der Waals surface area contributed by atoms with E-state index in [0.29, 0.717) is 35.1 Å². The second kappa shape index (κ2) is 11.6. The molecule has 0 aliphatic carbocycles. The maximum atomic E-state index is 13.6. The number of likely N-dealkylation sites (N-methyl/N-ethyl adjacent to an activating group) is 1. The highest BCUT2D eigenvalue weighted by Gasteiger charge is 2.35. The van der Waals surface area contributed by atoms with Crippen molar-refractivity contribution in [2.45, 2.75) is 13.1 Å². The number of aromatic nitrogens is 2. The van der Waals surface area contributed by atoms with Crippen LogP contribution in [0.1, 0.15) is 11.1 Å². The van der Waals surface area contributed by atoms with Crippen LogP contribution in [-0.4, -0.2) is 48.1 Å². The molecule has 196 valence electrons. The largest absolute Gasteiger partial charge is 0.492 e. The van der Waals surface area contributed by atoms with Gasteiger partial charge >= 0.3 is 12.2 Å². The van der Waals surface area contributed by atoms with Gasteiger partial charge in [0.15, 0.2) is 0 Å². The third-order valence-corrected chi connectivity index (χ3v) is 5.25. The highest BCUT2D eigenvalue weighted by molar-refractivity contribution is 6.00. The van der Waals surface area contributed by atoms with Crippen LogP contribution in [0.5, 0.6) is 5.75 Å². The fraction of sp³-hybridized carbons (Fsp3) is 0.240. The molecule has 12 heteroatoms. The van der Waals surface area contributed by atoms with Gasteiger partial charge in [-0.15, -0.1) is 0 Å². The normalized spacial score (nSPS) is 11.2. The SMILES string of the molecule is C=CN(c1ccc(NC(=O)Nc2ccc(OCCN(C)C)c(C(F)(F)F)c2)cc1)c1ncnc(N)c1C. The Balaban J connectivity index is 1.70. The number of carbonyl (C=O) groups is 1. The second-order valence-electron chi connectivity index (χ2n) is 8.25. The zero-order valence-electron chi connectivity index (χ0n) is 20.6. The van der Waals surface area contributed by atoms with E-state index in [1.54, 1.807) is 61.3 Å². The molecule has 3 aromatic rings. The summed E-state index contributed by atoms with van der Waals surface area (Å²) in [6.07, 6.45) is -1.74. The minimum Gasteiger partial charge on any atom is -0.492 e. The molecule has 9 nitrogen and oxygen atoms in total. The first kappa shape index (κ1) is 27.3. The fourth-order valence-electron chi connectivity index (χ4n) is 3.30. The van der Waals surface area contributed by atoms with Gasteiger partial charge in [0.1, 0.15) is 30.3 Å². The van der Waals surface area contributed by atoms with Crippen LogP contribution in [0.15, 0.2) is 61.6 Å². The number of ether oxygens (including phenoxy) is 1. The number of alkyl halides is 3. The third kappa shape index (κ3) is 7.10. The summed E-state index contributed by atoms with van der Waals surface area (Å²) in [5.74, 6) is 0.590. The van der Waals surface area contributed by atoms with Gasteiger partial charge in [-0.3, -0.25) is 0 Å². The van der Waals surface area contributed by atoms with Crippen LogP contribution in [0.25, 0.3) is 0 Å². The van der Waals surface area contributed by atoms with Crippen molar-refractivity contribution in [3.63, 3.8) is 0 Å². The van der Waals surface area contributed by atoms with Crippen LogP contribution in [-0.2, 0) is 6.18 Å². The standard InChI is InChI=1S/C25H28F3N7O2/c1-5-35(23-16(2)22(29)30-15-31-23)19-9-6-17(7-10-19)32-24(36)33-18-8-11-21(37-13-12-34(3)4)20(14-18)25(26,27)28/h5-11,14-15H,1,12-13H2,2-4H3,(H2,29,30,31)(H2,32,33,36). The van der Waals surface area contributed by atoms with E-state index in [9.17, 15) is 18.0 Å². The molecule has 37 heavy (non-hydrogen) atoms. The molecule has 0 aliphatic heterocycles. The minimum atomic E-state index is -4.65. The number of nitrogens with one attached hydrogen (secondary N) is 2. The number of hydrogen-bond donors (Lipinski definition) is 3. The Morgan fingerprint density at radius 2 is 1.76 bits per heavy atom. The van der Waals surface area contributed by atoms with E-state index >= 15 is 0 Å². The molecule has 4 N–H and O–H groups in total. The molecular formula is C25H28F3N7O2. The van der Waals surface area contributed by atoms with Gasteiger partial charge in [-0.05, 0) is 63.5 Å². The maximum Gasteiger partial charge on any atom is 0.420 e. The van der Waals surface area contributed by atoms with E-state index in [1.165, 1.54) is 18.5 Å². The first-order valence-electron chi connectivity index (χ1n) is 11.1. The smallest absolute Gasteiger partial charge is 0.420 e. The molecule has 0 saturated heterocycles. The summed E-state index contributed by atoms with van der Waals surface area (Å²) in [7, 11) is 3.58. The predicted octanol–water partition coefficient (Wildman–Crippen LogP) is 5.25. The van der Waals surface area contributed by atoms with E-state index in [1.807, 2.05) is 0 Å². The Morgan fingerprint density at radius 1 is 1.11 bits per heavy atom. The lowest BCUT2D eigenvalue weighted by molar-refractivity contribution is -0.138. The topological polar surface area (TPSA) is 109 Å². The van der Waals surface area contributed by atoms with Crippen LogP contribution < -0.4 is 26.0 Å². The number of amides is 2. The summed E-state index contributed by atoms with van der Waals surface area (Å²) < 4.78 is 46.0. The first-order valence-corrected chi connectivity index (χ1v) is 11.1. The lowest BCUT2D eigenvalue weighted by Crippen LogP contribution is -2.21. The van der Waals surface area contributed by atoms with Gasteiger partial charge in [0.25, 0.3) is 0 Å². The lowest BCUT2D eigenvalue weighted by Gasteiger charge is -2.21. The quantitative estimate of drug-likeness (QED) is 0.357. The fourth-order valence-corrected chi connectivity index (χ4v) is 3.30. The summed E-state index contributed by atoms with van der Waals surface area (Å²) in [6.45, 7) is 6.14. The summed E-state index contributed by atoms with van der Waals surface area (Å²) in [5.41, 5.74) is 6.66. The predicted molar refractivity (Wildman–Crippen MR) is 138 cm³/mol. The molecule has 1 aromatic heterocycles. The van der Waals surface area contributed by atoms with Crippen molar-refractivity contribution in [1.82, 2.24) is 14.9 Å². The van der Waals surface area contributed by atoms with Crippen LogP contribution in [0.4, 0.5) is 46.7 Å². The number of nitrogen functional groups attached to an aromatic ring is 1. The monoisotopic (exact) mass is 515 g/mol.